The van der Waals surface area contributed by atoms with Gasteiger partial charge in [-0.1, -0.05) is 0 Å². The minimum absolute atomic E-state index is 0.0861. The number of methoxy groups -OCH3 is 1. The van der Waals surface area contributed by atoms with Crippen LogP contribution < -0.4 is 25.2 Å². The molecule has 0 saturated heterocycles. The number of hydrogen-bond donors (Lipinski definition) is 1. The van der Waals surface area contributed by atoms with Gasteiger partial charge in [-0.15, -0.1) is 0 Å². The lowest BCUT2D eigenvalue weighted by Gasteiger charge is -2.08. The van der Waals surface area contributed by atoms with Crippen molar-refractivity contribution < 1.29 is 28.2 Å². The van der Waals surface area contributed by atoms with E-state index in [0.717, 1.165) is 0 Å². The van der Waals surface area contributed by atoms with Gasteiger partial charge in [-0.25, -0.2) is 9.59 Å². The fourth-order valence-electron chi connectivity index (χ4n) is 2.54. The fourth-order valence-corrected chi connectivity index (χ4v) is 2.54. The number of benzene rings is 2. The third-order valence-corrected chi connectivity index (χ3v) is 3.94. The van der Waals surface area contributed by atoms with Gasteiger partial charge < -0.3 is 23.9 Å². The van der Waals surface area contributed by atoms with Crippen LogP contribution in [0.4, 0.5) is 0 Å². The molecule has 0 unspecified atom stereocenters. The van der Waals surface area contributed by atoms with E-state index < -0.39 is 17.5 Å². The zero-order chi connectivity index (χ0) is 20.8. The average Bonchev–Trinajstić information content (AvgIpc) is 2.72. The molecule has 0 fully saturated rings. The molecular formula is C21H19NO7. The quantitative estimate of drug-likeness (QED) is 0.371. The van der Waals surface area contributed by atoms with E-state index in [1.54, 1.807) is 44.4 Å². The maximum Gasteiger partial charge on any atom is 0.349 e. The Hall–Kier alpha value is -3.81. The molecule has 150 valence electrons. The number of carbonyl (C=O) groups excluding carboxylic acids is 2. The molecule has 8 nitrogen and oxygen atoms in total. The molecular weight excluding hydrogens is 378 g/mol. The van der Waals surface area contributed by atoms with E-state index in [-0.39, 0.29) is 23.5 Å². The number of hydrogen-bond acceptors (Lipinski definition) is 7. The van der Waals surface area contributed by atoms with Crippen molar-refractivity contribution in [2.24, 2.45) is 0 Å². The van der Waals surface area contributed by atoms with Gasteiger partial charge in [0, 0.05) is 18.0 Å². The molecule has 1 heterocycles. The highest BCUT2D eigenvalue weighted by molar-refractivity contribution is 5.96. The summed E-state index contributed by atoms with van der Waals surface area (Å²) in [4.78, 5) is 35.9. The Bertz CT molecular complexity index is 1090. The second kappa shape index (κ2) is 8.92. The van der Waals surface area contributed by atoms with Crippen molar-refractivity contribution in [3.8, 4) is 17.2 Å². The summed E-state index contributed by atoms with van der Waals surface area (Å²) in [6.07, 6.45) is 0. The molecule has 0 aliphatic carbocycles. The zero-order valence-electron chi connectivity index (χ0n) is 15.9. The molecule has 0 saturated carbocycles. The average molecular weight is 397 g/mol. The molecule has 1 amide bonds. The lowest BCUT2D eigenvalue weighted by Crippen LogP contribution is -2.27. The van der Waals surface area contributed by atoms with E-state index in [1.165, 1.54) is 18.2 Å². The Morgan fingerprint density at radius 1 is 1.00 bits per heavy atom. The number of amides is 1. The van der Waals surface area contributed by atoms with Gasteiger partial charge in [-0.05, 0) is 49.4 Å². The van der Waals surface area contributed by atoms with Gasteiger partial charge in [0.2, 0.25) is 0 Å². The Balaban J connectivity index is 1.68. The van der Waals surface area contributed by atoms with E-state index in [1.807, 2.05) is 0 Å². The standard InChI is InChI=1S/C21H19NO7/c1-3-22-20(24)17-10-13-4-5-16(11-18(13)29-21(17)25)28-19(23)12-27-15-8-6-14(26-2)7-9-15/h4-11H,3,12H2,1-2H3,(H,22,24). The highest BCUT2D eigenvalue weighted by Crippen LogP contribution is 2.21. The molecule has 3 aromatic rings. The first-order valence-corrected chi connectivity index (χ1v) is 8.84. The second-order valence-electron chi connectivity index (χ2n) is 5.94. The predicted octanol–water partition coefficient (Wildman–Crippen LogP) is 2.54. The van der Waals surface area contributed by atoms with E-state index in [4.69, 9.17) is 18.6 Å². The van der Waals surface area contributed by atoms with Gasteiger partial charge in [0.1, 0.15) is 28.4 Å². The summed E-state index contributed by atoms with van der Waals surface area (Å²) in [5, 5.41) is 3.08. The monoisotopic (exact) mass is 397 g/mol. The van der Waals surface area contributed by atoms with Crippen LogP contribution in [0.1, 0.15) is 17.3 Å². The van der Waals surface area contributed by atoms with Crippen molar-refractivity contribution in [2.75, 3.05) is 20.3 Å². The zero-order valence-corrected chi connectivity index (χ0v) is 15.9. The van der Waals surface area contributed by atoms with Gasteiger partial charge in [0.25, 0.3) is 5.91 Å². The van der Waals surface area contributed by atoms with Crippen molar-refractivity contribution in [1.29, 1.82) is 0 Å². The second-order valence-corrected chi connectivity index (χ2v) is 5.94. The summed E-state index contributed by atoms with van der Waals surface area (Å²) in [5.41, 5.74) is -0.656. The van der Waals surface area contributed by atoms with E-state index >= 15 is 0 Å². The minimum Gasteiger partial charge on any atom is -0.497 e. The first kappa shape index (κ1) is 19.9. The molecule has 0 aliphatic heterocycles. The first-order valence-electron chi connectivity index (χ1n) is 8.84. The molecule has 29 heavy (non-hydrogen) atoms. The third kappa shape index (κ3) is 4.92. The lowest BCUT2D eigenvalue weighted by molar-refractivity contribution is -0.136. The summed E-state index contributed by atoms with van der Waals surface area (Å²) >= 11 is 0. The normalized spacial score (nSPS) is 10.4. The van der Waals surface area contributed by atoms with Gasteiger partial charge >= 0.3 is 11.6 Å². The first-order chi connectivity index (χ1) is 14.0. The number of carbonyl (C=O) groups is 2. The number of ether oxygens (including phenoxy) is 3. The Morgan fingerprint density at radius 3 is 2.38 bits per heavy atom. The van der Waals surface area contributed by atoms with Crippen molar-refractivity contribution in [2.45, 2.75) is 6.92 Å². The van der Waals surface area contributed by atoms with E-state index in [9.17, 15) is 14.4 Å². The smallest absolute Gasteiger partial charge is 0.349 e. The van der Waals surface area contributed by atoms with Crippen LogP contribution in [0.15, 0.2) is 57.7 Å². The number of nitrogens with one attached hydrogen (secondary N) is 1. The fraction of sp³-hybridized carbons (Fsp3) is 0.190. The van der Waals surface area contributed by atoms with Crippen molar-refractivity contribution in [1.82, 2.24) is 5.32 Å². The number of esters is 1. The van der Waals surface area contributed by atoms with Gasteiger partial charge in [0.15, 0.2) is 6.61 Å². The highest BCUT2D eigenvalue weighted by Gasteiger charge is 2.14. The number of rotatable bonds is 7. The minimum atomic E-state index is -0.769. The molecule has 1 N–H and O–H groups in total. The van der Waals surface area contributed by atoms with Crippen LogP contribution in [0.5, 0.6) is 17.2 Å². The lowest BCUT2D eigenvalue weighted by atomic mass is 10.1. The largest absolute Gasteiger partial charge is 0.497 e. The Morgan fingerprint density at radius 2 is 1.69 bits per heavy atom. The molecule has 0 atom stereocenters. The van der Waals surface area contributed by atoms with Crippen LogP contribution in [-0.2, 0) is 4.79 Å². The molecule has 1 aromatic heterocycles. The van der Waals surface area contributed by atoms with Gasteiger partial charge in [0.05, 0.1) is 7.11 Å². The van der Waals surface area contributed by atoms with E-state index in [0.29, 0.717) is 23.4 Å². The summed E-state index contributed by atoms with van der Waals surface area (Å²) in [5.74, 6) is 0.226. The summed E-state index contributed by atoms with van der Waals surface area (Å²) < 4.78 is 20.8. The van der Waals surface area contributed by atoms with Crippen LogP contribution >= 0.6 is 0 Å². The molecule has 0 aliphatic rings. The van der Waals surface area contributed by atoms with Crippen LogP contribution in [0.3, 0.4) is 0 Å². The van der Waals surface area contributed by atoms with Crippen LogP contribution in [0, 0.1) is 0 Å². The predicted molar refractivity (Wildman–Crippen MR) is 105 cm³/mol. The molecule has 8 heteroatoms. The molecule has 2 aromatic carbocycles. The topological polar surface area (TPSA) is 104 Å². The Kier molecular flexibility index (Phi) is 6.13. The van der Waals surface area contributed by atoms with Gasteiger partial charge in [-0.2, -0.15) is 0 Å². The summed E-state index contributed by atoms with van der Waals surface area (Å²) in [6, 6.07) is 12.7. The van der Waals surface area contributed by atoms with Gasteiger partial charge in [-0.3, -0.25) is 4.79 Å². The summed E-state index contributed by atoms with van der Waals surface area (Å²) in [7, 11) is 1.56. The molecule has 0 spiro atoms. The van der Waals surface area contributed by atoms with Crippen molar-refractivity contribution in [3.05, 3.63) is 64.5 Å². The van der Waals surface area contributed by atoms with Crippen LogP contribution in [-0.4, -0.2) is 32.1 Å². The molecule has 0 radical (unpaired) electrons. The maximum atomic E-state index is 12.0. The van der Waals surface area contributed by atoms with Crippen LogP contribution in [0.2, 0.25) is 0 Å². The Labute approximate surface area is 166 Å². The maximum absolute atomic E-state index is 12.0. The van der Waals surface area contributed by atoms with E-state index in [2.05, 4.69) is 5.32 Å². The van der Waals surface area contributed by atoms with Crippen molar-refractivity contribution in [3.63, 3.8) is 0 Å². The third-order valence-electron chi connectivity index (χ3n) is 3.94. The molecule has 3 rings (SSSR count). The summed E-state index contributed by atoms with van der Waals surface area (Å²) in [6.45, 7) is 1.84. The number of fused-ring (bicyclic) bond motifs is 1. The highest BCUT2D eigenvalue weighted by atomic mass is 16.6. The SMILES string of the molecule is CCNC(=O)c1cc2ccc(OC(=O)COc3ccc(OC)cc3)cc2oc1=O. The molecule has 0 bridgehead atoms. The van der Waals surface area contributed by atoms with Crippen LogP contribution in [0.25, 0.3) is 11.0 Å². The van der Waals surface area contributed by atoms with Crippen molar-refractivity contribution >= 4 is 22.8 Å².